The maximum atomic E-state index is 13.0. The fraction of sp³-hybridized carbons (Fsp3) is 0.524. The van der Waals surface area contributed by atoms with E-state index in [9.17, 15) is 39.0 Å². The number of anilines is 2. The van der Waals surface area contributed by atoms with Crippen LogP contribution in [0.3, 0.4) is 0 Å². The number of rotatable bonds is 11. The maximum Gasteiger partial charge on any atom is 0.695 e. The molecule has 2 aliphatic heterocycles. The van der Waals surface area contributed by atoms with Gasteiger partial charge in [0.15, 0.2) is 29.1 Å². The van der Waals surface area contributed by atoms with E-state index in [2.05, 4.69) is 30.0 Å². The summed E-state index contributed by atoms with van der Waals surface area (Å²) in [6.45, 7) is -1.29. The topological polar surface area (TPSA) is 340 Å². The van der Waals surface area contributed by atoms with Crippen molar-refractivity contribution in [3.63, 3.8) is 0 Å². The van der Waals surface area contributed by atoms with E-state index in [0.717, 1.165) is 10.9 Å². The second-order valence-corrected chi connectivity index (χ2v) is 12.2. The van der Waals surface area contributed by atoms with E-state index >= 15 is 0 Å². The van der Waals surface area contributed by atoms with Crippen molar-refractivity contribution in [2.24, 2.45) is 0 Å². The molecule has 0 radical (unpaired) electrons. The molecule has 0 aromatic carbocycles. The monoisotopic (exact) mass is 689 g/mol. The van der Waals surface area contributed by atoms with Gasteiger partial charge in [0.05, 0.1) is 31.8 Å². The highest BCUT2D eigenvalue weighted by molar-refractivity contribution is 7.47. The molecule has 248 valence electrons. The number of imidazole rings is 1. The first-order chi connectivity index (χ1) is 21.9. The summed E-state index contributed by atoms with van der Waals surface area (Å²) in [6.07, 6.45) is -7.93. The van der Waals surface area contributed by atoms with Gasteiger partial charge in [-0.1, -0.05) is 0 Å². The summed E-state index contributed by atoms with van der Waals surface area (Å²) in [7, 11) is -8.24. The van der Waals surface area contributed by atoms with E-state index in [0.29, 0.717) is 0 Å². The Morgan fingerprint density at radius 1 is 1.11 bits per heavy atom. The number of fused-ring (bicyclic) bond motifs is 2. The smallest absolute Gasteiger partial charge is 0.394 e. The Hall–Kier alpha value is -3.57. The van der Waals surface area contributed by atoms with E-state index in [-0.39, 0.29) is 40.7 Å². The summed E-state index contributed by atoms with van der Waals surface area (Å²) in [5, 5.41) is 35.4. The predicted molar refractivity (Wildman–Crippen MR) is 148 cm³/mol. The van der Waals surface area contributed by atoms with Gasteiger partial charge in [0.2, 0.25) is 11.9 Å². The number of aliphatic hydroxyl groups excluding tert-OH is 3. The highest BCUT2D eigenvalue weighted by Gasteiger charge is 2.52. The van der Waals surface area contributed by atoms with Crippen molar-refractivity contribution in [2.45, 2.75) is 55.4 Å². The Labute approximate surface area is 256 Å². The van der Waals surface area contributed by atoms with Crippen molar-refractivity contribution in [1.29, 1.82) is 0 Å². The quantitative estimate of drug-likeness (QED) is 0.0748. The van der Waals surface area contributed by atoms with Crippen molar-refractivity contribution in [2.75, 3.05) is 24.7 Å². The minimum Gasteiger partial charge on any atom is -0.394 e. The van der Waals surface area contributed by atoms with Crippen molar-refractivity contribution in [1.82, 2.24) is 39.1 Å². The van der Waals surface area contributed by atoms with Gasteiger partial charge in [-0.25, -0.2) is 19.5 Å². The summed E-state index contributed by atoms with van der Waals surface area (Å²) < 4.78 is 53.8. The first-order valence-corrected chi connectivity index (χ1v) is 15.9. The molecule has 0 spiro atoms. The van der Waals surface area contributed by atoms with Crippen molar-refractivity contribution in [3.05, 3.63) is 34.8 Å². The molecule has 6 heterocycles. The number of ether oxygens (including phenoxy) is 2. The van der Waals surface area contributed by atoms with Crippen LogP contribution in [0, 0.1) is 0 Å². The normalized spacial score (nSPS) is 29.9. The number of H-pyrrole nitrogens is 1. The van der Waals surface area contributed by atoms with Crippen LogP contribution in [0.4, 0.5) is 11.9 Å². The lowest BCUT2D eigenvalue weighted by atomic mass is 10.0. The molecule has 6 rings (SSSR count). The SMILES string of the molecule is Nc1nc2c(ncn2[C@@H]2O[C@H](CO)[C@@H](O)[C@H]2OP(=O)(O)OCC[C@H]2O[C@@H](c3cnn4c(N)ncnc34)[C@H](O)[C@@H]2O[P+](=O)O)c(=O)[nH]1. The Balaban J connectivity index is 1.17. The molecule has 2 saturated heterocycles. The average Bonchev–Trinajstić information content (AvgIpc) is 3.75. The number of aromatic nitrogens is 8. The average molecular weight is 689 g/mol. The number of phosphoric ester groups is 1. The van der Waals surface area contributed by atoms with Gasteiger partial charge in [0.25, 0.3) is 5.56 Å². The van der Waals surface area contributed by atoms with E-state index in [1.54, 1.807) is 0 Å². The van der Waals surface area contributed by atoms with E-state index in [1.165, 1.54) is 17.0 Å². The lowest BCUT2D eigenvalue weighted by molar-refractivity contribution is -0.0518. The molecule has 2 unspecified atom stereocenters. The molecular weight excluding hydrogens is 662 g/mol. The fourth-order valence-electron chi connectivity index (χ4n) is 5.32. The van der Waals surface area contributed by atoms with Gasteiger partial charge < -0.3 is 41.2 Å². The Kier molecular flexibility index (Phi) is 8.84. The summed E-state index contributed by atoms with van der Waals surface area (Å²) in [4.78, 5) is 50.3. The molecule has 25 heteroatoms. The van der Waals surface area contributed by atoms with Crippen LogP contribution in [0.2, 0.25) is 0 Å². The Morgan fingerprint density at radius 3 is 2.63 bits per heavy atom. The van der Waals surface area contributed by atoms with Crippen LogP contribution >= 0.6 is 16.1 Å². The zero-order valence-corrected chi connectivity index (χ0v) is 24.9. The molecule has 23 nitrogen and oxygen atoms in total. The number of phosphoric acid groups is 1. The van der Waals surface area contributed by atoms with Gasteiger partial charge in [-0.15, -0.1) is 9.42 Å². The lowest BCUT2D eigenvalue weighted by Gasteiger charge is -2.24. The number of nitrogen functional groups attached to an aromatic ring is 2. The molecule has 0 aliphatic carbocycles. The first-order valence-electron chi connectivity index (χ1n) is 13.3. The second kappa shape index (κ2) is 12.6. The maximum absolute atomic E-state index is 13.0. The van der Waals surface area contributed by atoms with Gasteiger partial charge in [-0.2, -0.15) is 14.6 Å². The molecule has 0 saturated carbocycles. The van der Waals surface area contributed by atoms with Gasteiger partial charge in [0, 0.05) is 16.5 Å². The highest BCUT2D eigenvalue weighted by atomic mass is 31.2. The van der Waals surface area contributed by atoms with Crippen LogP contribution in [-0.4, -0.2) is 114 Å². The number of nitrogens with two attached hydrogens (primary N) is 2. The highest BCUT2D eigenvalue weighted by Crippen LogP contribution is 2.50. The molecular formula is C21H27N10O13P2+. The van der Waals surface area contributed by atoms with Crippen molar-refractivity contribution >= 4 is 44.8 Å². The number of aliphatic hydroxyl groups is 3. The molecule has 46 heavy (non-hydrogen) atoms. The second-order valence-electron chi connectivity index (χ2n) is 10.1. The van der Waals surface area contributed by atoms with Crippen molar-refractivity contribution < 1.29 is 57.3 Å². The minimum atomic E-state index is -5.03. The third kappa shape index (κ3) is 5.99. The largest absolute Gasteiger partial charge is 0.695 e. The van der Waals surface area contributed by atoms with Crippen molar-refractivity contribution in [3.8, 4) is 0 Å². The molecule has 10 N–H and O–H groups in total. The molecule has 2 fully saturated rings. The Bertz CT molecular complexity index is 1870. The summed E-state index contributed by atoms with van der Waals surface area (Å²) in [5.41, 5.74) is 10.9. The number of hydrogen-bond donors (Lipinski definition) is 8. The summed E-state index contributed by atoms with van der Waals surface area (Å²) in [5.74, 6) is -0.266. The summed E-state index contributed by atoms with van der Waals surface area (Å²) in [6, 6.07) is 0. The number of nitrogens with zero attached hydrogens (tertiary/aromatic N) is 7. The van der Waals surface area contributed by atoms with Gasteiger partial charge >= 0.3 is 16.1 Å². The van der Waals surface area contributed by atoms with Gasteiger partial charge in [-0.05, 0) is 0 Å². The van der Waals surface area contributed by atoms with Gasteiger partial charge in [0.1, 0.15) is 36.8 Å². The Morgan fingerprint density at radius 2 is 1.89 bits per heavy atom. The molecule has 0 bridgehead atoms. The minimum absolute atomic E-state index is 0.000713. The molecule has 2 aliphatic rings. The zero-order chi connectivity index (χ0) is 32.9. The fourth-order valence-corrected chi connectivity index (χ4v) is 6.72. The molecule has 10 atom stereocenters. The van der Waals surface area contributed by atoms with Crippen LogP contribution < -0.4 is 17.0 Å². The summed E-state index contributed by atoms with van der Waals surface area (Å²) >= 11 is 0. The van der Waals surface area contributed by atoms with E-state index < -0.39 is 83.8 Å². The third-order valence-corrected chi connectivity index (χ3v) is 8.78. The van der Waals surface area contributed by atoms with Gasteiger partial charge in [-0.3, -0.25) is 23.4 Å². The predicted octanol–water partition coefficient (Wildman–Crippen LogP) is -2.60. The number of aromatic amines is 1. The zero-order valence-electron chi connectivity index (χ0n) is 23.2. The van der Waals surface area contributed by atoms with E-state index in [1.807, 2.05) is 0 Å². The lowest BCUT2D eigenvalue weighted by Crippen LogP contribution is -2.35. The van der Waals surface area contributed by atoms with Crippen LogP contribution in [0.5, 0.6) is 0 Å². The standard InChI is InChI=1S/C21H26N10O13P2/c22-20-28-17-10(18(35)29-20)26-6-30(17)19-15(11(33)9(4-32)42-19)44-46(38,39)40-2-1-8-14(43-45(36)37)12(34)13(41-8)7-3-27-31-16(7)24-5-25-21(31)23/h3,5-6,8-9,11-15,19,32-34H,1-2,4H2,(H6-,22,23,24,25,27,28,29,35,36,37,38,39)/p+1/t8-,9-,11-,12+,13+,14-,15-,19-/m1/s1. The number of nitrogens with one attached hydrogen (secondary N) is 1. The molecule has 4 aromatic heterocycles. The molecule has 0 amide bonds. The van der Waals surface area contributed by atoms with Crippen LogP contribution in [0.1, 0.15) is 24.3 Å². The number of hydrogen-bond acceptors (Lipinski definition) is 18. The van der Waals surface area contributed by atoms with Crippen LogP contribution in [-0.2, 0) is 32.2 Å². The molecule has 4 aromatic rings. The van der Waals surface area contributed by atoms with Crippen LogP contribution in [0.25, 0.3) is 16.8 Å². The van der Waals surface area contributed by atoms with Crippen LogP contribution in [0.15, 0.2) is 23.6 Å². The first kappa shape index (κ1) is 32.4. The third-order valence-electron chi connectivity index (χ3n) is 7.34. The van der Waals surface area contributed by atoms with E-state index in [4.69, 9.17) is 34.5 Å².